The minimum atomic E-state index is -0.435. The lowest BCUT2D eigenvalue weighted by molar-refractivity contribution is 0.171. The minimum absolute atomic E-state index is 0.435. The van der Waals surface area contributed by atoms with Crippen LogP contribution in [-0.2, 0) is 19.4 Å². The predicted octanol–water partition coefficient (Wildman–Crippen LogP) is 4.15. The highest BCUT2D eigenvalue weighted by Gasteiger charge is 2.21. The summed E-state index contributed by atoms with van der Waals surface area (Å²) in [5.41, 5.74) is 4.17. The molecule has 1 N–H and O–H groups in total. The first-order valence-electron chi connectivity index (χ1n) is 7.62. The van der Waals surface area contributed by atoms with Gasteiger partial charge in [-0.05, 0) is 30.9 Å². The minimum Gasteiger partial charge on any atom is -0.388 e. The average Bonchev–Trinajstić information content (AvgIpc) is 2.86. The van der Waals surface area contributed by atoms with E-state index >= 15 is 0 Å². The molecule has 1 unspecified atom stereocenters. The highest BCUT2D eigenvalue weighted by molar-refractivity contribution is 6.31. The second-order valence-electron chi connectivity index (χ2n) is 5.19. The van der Waals surface area contributed by atoms with Crippen LogP contribution in [0.25, 0.3) is 0 Å². The van der Waals surface area contributed by atoms with Crippen molar-refractivity contribution in [3.63, 3.8) is 0 Å². The van der Waals surface area contributed by atoms with Crippen molar-refractivity contribution >= 4 is 11.6 Å². The number of hydrogen-bond acceptors (Lipinski definition) is 2. The maximum Gasteiger partial charge on any atom is 0.0823 e. The Labute approximate surface area is 131 Å². The number of aliphatic hydroxyl groups is 1. The molecule has 2 rings (SSSR count). The third-order valence-electron chi connectivity index (χ3n) is 3.84. The van der Waals surface area contributed by atoms with Crippen molar-refractivity contribution in [3.05, 3.63) is 51.8 Å². The molecule has 4 heteroatoms. The molecule has 21 heavy (non-hydrogen) atoms. The number of hydrogen-bond donors (Lipinski definition) is 1. The van der Waals surface area contributed by atoms with E-state index in [1.165, 1.54) is 0 Å². The summed E-state index contributed by atoms with van der Waals surface area (Å²) in [5, 5.41) is 15.8. The molecule has 3 nitrogen and oxygen atoms in total. The molecule has 0 aliphatic carbocycles. The van der Waals surface area contributed by atoms with Crippen molar-refractivity contribution in [3.8, 4) is 0 Å². The Balaban J connectivity index is 2.44. The summed E-state index contributed by atoms with van der Waals surface area (Å²) < 4.78 is 1.99. The summed E-state index contributed by atoms with van der Waals surface area (Å²) in [5.74, 6) is 0. The molecule has 0 bridgehead atoms. The standard InChI is InChI=1S/C17H23ClN2O/c1-4-14-17(16(21)6-3)15(5-2)20(19-14)11-12-9-7-8-10-13(12)18/h7-10,16,21H,4-6,11H2,1-3H3. The van der Waals surface area contributed by atoms with Crippen LogP contribution in [0.2, 0.25) is 5.02 Å². The predicted molar refractivity (Wildman–Crippen MR) is 86.8 cm³/mol. The Hall–Kier alpha value is -1.32. The van der Waals surface area contributed by atoms with E-state index < -0.39 is 6.10 Å². The van der Waals surface area contributed by atoms with Crippen LogP contribution in [0, 0.1) is 0 Å². The van der Waals surface area contributed by atoms with Crippen molar-refractivity contribution in [2.75, 3.05) is 0 Å². The summed E-state index contributed by atoms with van der Waals surface area (Å²) in [6.07, 6.45) is 1.95. The highest BCUT2D eigenvalue weighted by Crippen LogP contribution is 2.27. The summed E-state index contributed by atoms with van der Waals surface area (Å²) in [6.45, 7) is 6.82. The summed E-state index contributed by atoms with van der Waals surface area (Å²) in [7, 11) is 0. The molecule has 0 aliphatic heterocycles. The second-order valence-corrected chi connectivity index (χ2v) is 5.59. The van der Waals surface area contributed by atoms with E-state index in [9.17, 15) is 5.11 Å². The van der Waals surface area contributed by atoms with Crippen LogP contribution in [-0.4, -0.2) is 14.9 Å². The van der Waals surface area contributed by atoms with Crippen molar-refractivity contribution in [2.24, 2.45) is 0 Å². The lowest BCUT2D eigenvalue weighted by atomic mass is 10.0. The van der Waals surface area contributed by atoms with Gasteiger partial charge in [0.1, 0.15) is 0 Å². The van der Waals surface area contributed by atoms with Crippen LogP contribution in [0.1, 0.15) is 55.8 Å². The van der Waals surface area contributed by atoms with Crippen molar-refractivity contribution in [1.29, 1.82) is 0 Å². The van der Waals surface area contributed by atoms with E-state index in [0.717, 1.165) is 40.4 Å². The summed E-state index contributed by atoms with van der Waals surface area (Å²) >= 11 is 6.25. The van der Waals surface area contributed by atoms with Crippen molar-refractivity contribution < 1.29 is 5.11 Å². The fourth-order valence-electron chi connectivity index (χ4n) is 2.71. The van der Waals surface area contributed by atoms with Gasteiger partial charge in [0.2, 0.25) is 0 Å². The summed E-state index contributed by atoms with van der Waals surface area (Å²) in [6, 6.07) is 7.83. The normalized spacial score (nSPS) is 12.6. The van der Waals surface area contributed by atoms with Crippen molar-refractivity contribution in [2.45, 2.75) is 52.7 Å². The first-order valence-corrected chi connectivity index (χ1v) is 7.99. The fourth-order valence-corrected chi connectivity index (χ4v) is 2.90. The van der Waals surface area contributed by atoms with Gasteiger partial charge in [-0.2, -0.15) is 5.10 Å². The van der Waals surface area contributed by atoms with Crippen LogP contribution in [0.3, 0.4) is 0 Å². The number of halogens is 1. The molecular formula is C17H23ClN2O. The van der Waals surface area contributed by atoms with Crippen LogP contribution < -0.4 is 0 Å². The Morgan fingerprint density at radius 1 is 1.19 bits per heavy atom. The molecule has 0 saturated carbocycles. The topological polar surface area (TPSA) is 38.0 Å². The Morgan fingerprint density at radius 2 is 1.90 bits per heavy atom. The molecule has 1 aromatic carbocycles. The highest BCUT2D eigenvalue weighted by atomic mass is 35.5. The Bertz CT molecular complexity index is 607. The Morgan fingerprint density at radius 3 is 2.48 bits per heavy atom. The van der Waals surface area contributed by atoms with Gasteiger partial charge in [0.05, 0.1) is 18.3 Å². The van der Waals surface area contributed by atoms with E-state index in [1.54, 1.807) is 0 Å². The van der Waals surface area contributed by atoms with Gasteiger partial charge in [0, 0.05) is 16.3 Å². The van der Waals surface area contributed by atoms with E-state index in [1.807, 2.05) is 35.9 Å². The first kappa shape index (κ1) is 16.1. The van der Waals surface area contributed by atoms with Gasteiger partial charge in [-0.3, -0.25) is 4.68 Å². The molecule has 0 fully saturated rings. The largest absolute Gasteiger partial charge is 0.388 e. The molecule has 0 amide bonds. The van der Waals surface area contributed by atoms with Crippen LogP contribution in [0.5, 0.6) is 0 Å². The molecule has 0 spiro atoms. The fraction of sp³-hybridized carbons (Fsp3) is 0.471. The number of aliphatic hydroxyl groups excluding tert-OH is 1. The third-order valence-corrected chi connectivity index (χ3v) is 4.21. The lowest BCUT2D eigenvalue weighted by Crippen LogP contribution is -2.08. The molecule has 0 aliphatic rings. The zero-order valence-electron chi connectivity index (χ0n) is 12.9. The maximum absolute atomic E-state index is 10.3. The summed E-state index contributed by atoms with van der Waals surface area (Å²) in [4.78, 5) is 0. The average molecular weight is 307 g/mol. The maximum atomic E-state index is 10.3. The SMILES string of the molecule is CCc1nn(Cc2ccccc2Cl)c(CC)c1C(O)CC. The molecule has 2 aromatic rings. The molecule has 1 aromatic heterocycles. The number of benzene rings is 1. The smallest absolute Gasteiger partial charge is 0.0823 e. The molecule has 0 radical (unpaired) electrons. The van der Waals surface area contributed by atoms with Gasteiger partial charge in [-0.15, -0.1) is 0 Å². The molecule has 114 valence electrons. The Kier molecular flexibility index (Phi) is 5.43. The zero-order chi connectivity index (χ0) is 15.4. The monoisotopic (exact) mass is 306 g/mol. The molecule has 1 heterocycles. The van der Waals surface area contributed by atoms with E-state index in [0.29, 0.717) is 13.0 Å². The number of rotatable bonds is 6. The quantitative estimate of drug-likeness (QED) is 0.870. The first-order chi connectivity index (χ1) is 10.1. The van der Waals surface area contributed by atoms with Crippen LogP contribution in [0.4, 0.5) is 0 Å². The van der Waals surface area contributed by atoms with Gasteiger partial charge in [0.15, 0.2) is 0 Å². The van der Waals surface area contributed by atoms with Gasteiger partial charge >= 0.3 is 0 Å². The number of aryl methyl sites for hydroxylation is 1. The van der Waals surface area contributed by atoms with E-state index in [-0.39, 0.29) is 0 Å². The van der Waals surface area contributed by atoms with Crippen LogP contribution in [0.15, 0.2) is 24.3 Å². The molecule has 1 atom stereocenters. The number of nitrogens with zero attached hydrogens (tertiary/aromatic N) is 2. The molecule has 0 saturated heterocycles. The van der Waals surface area contributed by atoms with E-state index in [4.69, 9.17) is 16.7 Å². The zero-order valence-corrected chi connectivity index (χ0v) is 13.7. The number of aromatic nitrogens is 2. The van der Waals surface area contributed by atoms with Gasteiger partial charge in [-0.25, -0.2) is 0 Å². The van der Waals surface area contributed by atoms with Crippen molar-refractivity contribution in [1.82, 2.24) is 9.78 Å². The third kappa shape index (κ3) is 3.30. The van der Waals surface area contributed by atoms with Gasteiger partial charge in [-0.1, -0.05) is 50.6 Å². The van der Waals surface area contributed by atoms with Crippen LogP contribution >= 0.6 is 11.6 Å². The van der Waals surface area contributed by atoms with Gasteiger partial charge < -0.3 is 5.11 Å². The van der Waals surface area contributed by atoms with Gasteiger partial charge in [0.25, 0.3) is 0 Å². The van der Waals surface area contributed by atoms with E-state index in [2.05, 4.69) is 13.8 Å². The second kappa shape index (κ2) is 7.10. The lowest BCUT2D eigenvalue weighted by Gasteiger charge is -2.12. The molecular weight excluding hydrogens is 284 g/mol.